The topological polar surface area (TPSA) is 21.3 Å². The Labute approximate surface area is 124 Å². The van der Waals surface area contributed by atoms with E-state index < -0.39 is 0 Å². The lowest BCUT2D eigenvalue weighted by Gasteiger charge is -2.09. The largest absolute Gasteiger partial charge is 0.372 e. The van der Waals surface area contributed by atoms with E-state index in [2.05, 4.69) is 42.6 Å². The van der Waals surface area contributed by atoms with Crippen molar-refractivity contribution in [3.8, 4) is 11.1 Å². The highest BCUT2D eigenvalue weighted by atomic mass is 35.5. The molecule has 1 heterocycles. The van der Waals surface area contributed by atoms with Crippen molar-refractivity contribution in [3.05, 3.63) is 58.1 Å². The third-order valence-corrected chi connectivity index (χ3v) is 4.03. The van der Waals surface area contributed by atoms with Crippen LogP contribution in [0.3, 0.4) is 0 Å². The fourth-order valence-electron chi connectivity index (χ4n) is 2.48. The second-order valence-electron chi connectivity index (χ2n) is 5.06. The van der Waals surface area contributed by atoms with E-state index in [1.165, 1.54) is 16.7 Å². The van der Waals surface area contributed by atoms with Gasteiger partial charge in [-0.2, -0.15) is 0 Å². The summed E-state index contributed by atoms with van der Waals surface area (Å²) in [5, 5.41) is 4.12. The minimum Gasteiger partial charge on any atom is -0.372 e. The van der Waals surface area contributed by atoms with Crippen LogP contribution in [0, 0.1) is 0 Å². The van der Waals surface area contributed by atoms with E-state index in [0.29, 0.717) is 0 Å². The summed E-state index contributed by atoms with van der Waals surface area (Å²) in [6, 6.07) is 12.8. The number of rotatable bonds is 4. The molecule has 3 heteroatoms. The van der Waals surface area contributed by atoms with E-state index in [0.717, 1.165) is 42.5 Å². The van der Waals surface area contributed by atoms with Crippen LogP contribution in [-0.2, 0) is 24.5 Å². The van der Waals surface area contributed by atoms with E-state index >= 15 is 0 Å². The van der Waals surface area contributed by atoms with E-state index in [4.69, 9.17) is 16.3 Å². The normalized spacial score (nSPS) is 13.5. The molecule has 0 spiro atoms. The van der Waals surface area contributed by atoms with Crippen LogP contribution in [0.4, 0.5) is 0 Å². The zero-order chi connectivity index (χ0) is 13.9. The maximum Gasteiger partial charge on any atom is 0.0725 e. The lowest BCUT2D eigenvalue weighted by Crippen LogP contribution is -2.11. The van der Waals surface area contributed by atoms with Crippen LogP contribution in [-0.4, -0.2) is 6.54 Å². The first-order chi connectivity index (χ1) is 9.78. The third kappa shape index (κ3) is 2.73. The SMILES string of the molecule is CCNCc1ccc(-c2ccc3c(c2)COC3)cc1Cl. The van der Waals surface area contributed by atoms with E-state index in [-0.39, 0.29) is 0 Å². The van der Waals surface area contributed by atoms with Crippen molar-refractivity contribution in [1.29, 1.82) is 0 Å². The summed E-state index contributed by atoms with van der Waals surface area (Å²) in [7, 11) is 0. The molecular weight excluding hydrogens is 270 g/mol. The summed E-state index contributed by atoms with van der Waals surface area (Å²) in [6.45, 7) is 5.30. The van der Waals surface area contributed by atoms with Crippen LogP contribution in [0.15, 0.2) is 36.4 Å². The molecular formula is C17H18ClNO. The molecule has 0 atom stereocenters. The van der Waals surface area contributed by atoms with Gasteiger partial charge in [-0.1, -0.05) is 42.8 Å². The van der Waals surface area contributed by atoms with Crippen molar-refractivity contribution in [2.75, 3.05) is 6.54 Å². The zero-order valence-corrected chi connectivity index (χ0v) is 12.3. The van der Waals surface area contributed by atoms with Gasteiger partial charge in [0.15, 0.2) is 0 Å². The zero-order valence-electron chi connectivity index (χ0n) is 11.6. The first-order valence-electron chi connectivity index (χ1n) is 6.97. The summed E-state index contributed by atoms with van der Waals surface area (Å²) < 4.78 is 5.46. The molecule has 2 aromatic rings. The van der Waals surface area contributed by atoms with Gasteiger partial charge >= 0.3 is 0 Å². The van der Waals surface area contributed by atoms with Crippen LogP contribution >= 0.6 is 11.6 Å². The molecule has 0 radical (unpaired) electrons. The summed E-state index contributed by atoms with van der Waals surface area (Å²) in [5.41, 5.74) is 6.08. The lowest BCUT2D eigenvalue weighted by atomic mass is 9.99. The first-order valence-corrected chi connectivity index (χ1v) is 7.35. The fraction of sp³-hybridized carbons (Fsp3) is 0.294. The summed E-state index contributed by atoms with van der Waals surface area (Å²) in [6.07, 6.45) is 0. The Morgan fingerprint density at radius 3 is 2.60 bits per heavy atom. The molecule has 104 valence electrons. The predicted octanol–water partition coefficient (Wildman–Crippen LogP) is 4.15. The molecule has 0 aliphatic carbocycles. The maximum atomic E-state index is 6.37. The smallest absolute Gasteiger partial charge is 0.0725 e. The van der Waals surface area contributed by atoms with E-state index in [9.17, 15) is 0 Å². The van der Waals surface area contributed by atoms with Crippen molar-refractivity contribution < 1.29 is 4.74 Å². The van der Waals surface area contributed by atoms with Gasteiger partial charge in [-0.25, -0.2) is 0 Å². The van der Waals surface area contributed by atoms with Gasteiger partial charge in [0.25, 0.3) is 0 Å². The quantitative estimate of drug-likeness (QED) is 0.912. The van der Waals surface area contributed by atoms with Crippen molar-refractivity contribution >= 4 is 11.6 Å². The van der Waals surface area contributed by atoms with Gasteiger partial charge in [0, 0.05) is 11.6 Å². The summed E-state index contributed by atoms with van der Waals surface area (Å²) in [5.74, 6) is 0. The molecule has 1 aliphatic rings. The molecule has 0 aromatic heterocycles. The Hall–Kier alpha value is -1.35. The van der Waals surface area contributed by atoms with Gasteiger partial charge in [0.2, 0.25) is 0 Å². The van der Waals surface area contributed by atoms with Gasteiger partial charge in [-0.05, 0) is 46.5 Å². The molecule has 2 aromatic carbocycles. The highest BCUT2D eigenvalue weighted by Crippen LogP contribution is 2.29. The number of hydrogen-bond donors (Lipinski definition) is 1. The minimum absolute atomic E-state index is 0.718. The molecule has 3 rings (SSSR count). The first kappa shape index (κ1) is 13.6. The Morgan fingerprint density at radius 1 is 1.05 bits per heavy atom. The van der Waals surface area contributed by atoms with Crippen molar-refractivity contribution in [2.45, 2.75) is 26.7 Å². The highest BCUT2D eigenvalue weighted by Gasteiger charge is 2.12. The molecule has 20 heavy (non-hydrogen) atoms. The summed E-state index contributed by atoms with van der Waals surface area (Å²) in [4.78, 5) is 0. The third-order valence-electron chi connectivity index (χ3n) is 3.67. The molecule has 0 saturated carbocycles. The van der Waals surface area contributed by atoms with Gasteiger partial charge < -0.3 is 10.1 Å². The van der Waals surface area contributed by atoms with E-state index in [1.54, 1.807) is 0 Å². The number of halogens is 1. The Bertz CT molecular complexity index is 624. The molecule has 2 nitrogen and oxygen atoms in total. The Kier molecular flexibility index (Phi) is 4.06. The van der Waals surface area contributed by atoms with Crippen molar-refractivity contribution in [2.24, 2.45) is 0 Å². The van der Waals surface area contributed by atoms with Crippen molar-refractivity contribution in [3.63, 3.8) is 0 Å². The van der Waals surface area contributed by atoms with Crippen LogP contribution in [0.25, 0.3) is 11.1 Å². The number of ether oxygens (including phenoxy) is 1. The number of benzene rings is 2. The fourth-order valence-corrected chi connectivity index (χ4v) is 2.73. The highest BCUT2D eigenvalue weighted by molar-refractivity contribution is 6.31. The van der Waals surface area contributed by atoms with Crippen LogP contribution in [0.2, 0.25) is 5.02 Å². The lowest BCUT2D eigenvalue weighted by molar-refractivity contribution is 0.134. The van der Waals surface area contributed by atoms with Crippen LogP contribution in [0.5, 0.6) is 0 Å². The van der Waals surface area contributed by atoms with Gasteiger partial charge in [-0.3, -0.25) is 0 Å². The van der Waals surface area contributed by atoms with Crippen molar-refractivity contribution in [1.82, 2.24) is 5.32 Å². The molecule has 0 amide bonds. The van der Waals surface area contributed by atoms with Gasteiger partial charge in [0.05, 0.1) is 13.2 Å². The van der Waals surface area contributed by atoms with Crippen LogP contribution in [0.1, 0.15) is 23.6 Å². The second kappa shape index (κ2) is 5.96. The average Bonchev–Trinajstić information content (AvgIpc) is 2.93. The monoisotopic (exact) mass is 287 g/mol. The molecule has 0 saturated heterocycles. The predicted molar refractivity (Wildman–Crippen MR) is 82.8 cm³/mol. The number of fused-ring (bicyclic) bond motifs is 1. The minimum atomic E-state index is 0.718. The van der Waals surface area contributed by atoms with Gasteiger partial charge in [0.1, 0.15) is 0 Å². The molecule has 0 fully saturated rings. The second-order valence-corrected chi connectivity index (χ2v) is 5.47. The molecule has 1 aliphatic heterocycles. The van der Waals surface area contributed by atoms with Gasteiger partial charge in [-0.15, -0.1) is 0 Å². The Balaban J connectivity index is 1.89. The van der Waals surface area contributed by atoms with Crippen LogP contribution < -0.4 is 5.32 Å². The average molecular weight is 288 g/mol. The number of nitrogens with one attached hydrogen (secondary N) is 1. The summed E-state index contributed by atoms with van der Waals surface area (Å²) >= 11 is 6.37. The number of hydrogen-bond acceptors (Lipinski definition) is 2. The van der Waals surface area contributed by atoms with E-state index in [1.807, 2.05) is 6.07 Å². The molecule has 0 bridgehead atoms. The Morgan fingerprint density at radius 2 is 1.80 bits per heavy atom. The maximum absolute atomic E-state index is 6.37. The standard InChI is InChI=1S/C17H18ClNO/c1-2-19-9-14-5-3-13(8-17(14)18)12-4-6-15-10-20-11-16(15)7-12/h3-8,19H,2,9-11H2,1H3. The molecule has 1 N–H and O–H groups in total. The molecule has 0 unspecified atom stereocenters.